The third-order valence-electron chi connectivity index (χ3n) is 3.81. The third kappa shape index (κ3) is 3.12. The Bertz CT molecular complexity index is 659. The molecule has 0 spiro atoms. The van der Waals surface area contributed by atoms with Gasteiger partial charge in [-0.25, -0.2) is 4.79 Å². The van der Waals surface area contributed by atoms with Gasteiger partial charge >= 0.3 is 6.09 Å². The largest absolute Gasteiger partial charge is 0.444 e. The molecule has 1 saturated heterocycles. The Balaban J connectivity index is 1.62. The minimum Gasteiger partial charge on any atom is -0.444 e. The maximum absolute atomic E-state index is 12.3. The molecule has 2 aliphatic heterocycles. The molecule has 1 aromatic rings. The lowest BCUT2D eigenvalue weighted by Gasteiger charge is -2.24. The van der Waals surface area contributed by atoms with Gasteiger partial charge in [0, 0.05) is 6.54 Å². The number of hydrogen-bond donors (Lipinski definition) is 0. The normalized spacial score (nSPS) is 20.5. The van der Waals surface area contributed by atoms with Crippen LogP contribution >= 0.6 is 0 Å². The molecule has 128 valence electrons. The number of carbonyl (C=O) groups excluding carboxylic acids is 3. The molecule has 0 aromatic heterocycles. The maximum Gasteiger partial charge on any atom is 0.410 e. The lowest BCUT2D eigenvalue weighted by molar-refractivity contribution is -0.127. The second-order valence-corrected chi connectivity index (χ2v) is 6.89. The highest BCUT2D eigenvalue weighted by molar-refractivity contribution is 6.20. The van der Waals surface area contributed by atoms with Crippen LogP contribution in [-0.4, -0.2) is 52.7 Å². The number of nitrogens with zero attached hydrogens (tertiary/aromatic N) is 2. The van der Waals surface area contributed by atoms with Crippen LogP contribution in [0, 0.1) is 0 Å². The number of ether oxygens (including phenoxy) is 1. The molecule has 1 atom stereocenters. The predicted octanol–water partition coefficient (Wildman–Crippen LogP) is 2.22. The molecular weight excluding hydrogens is 312 g/mol. The molecule has 7 nitrogen and oxygen atoms in total. The van der Waals surface area contributed by atoms with Crippen molar-refractivity contribution < 1.29 is 24.0 Å². The summed E-state index contributed by atoms with van der Waals surface area (Å²) in [6.45, 7) is 6.14. The summed E-state index contributed by atoms with van der Waals surface area (Å²) in [5.41, 5.74) is 0.104. The Morgan fingerprint density at radius 2 is 1.71 bits per heavy atom. The third-order valence-corrected chi connectivity index (χ3v) is 3.81. The smallest absolute Gasteiger partial charge is 0.410 e. The van der Waals surface area contributed by atoms with Crippen LogP contribution in [0.25, 0.3) is 0 Å². The Morgan fingerprint density at radius 1 is 1.12 bits per heavy atom. The zero-order chi connectivity index (χ0) is 17.5. The van der Waals surface area contributed by atoms with E-state index in [1.165, 1.54) is 4.90 Å². The highest BCUT2D eigenvalue weighted by atomic mass is 16.7. The lowest BCUT2D eigenvalue weighted by Crippen LogP contribution is -2.38. The Hall–Kier alpha value is -2.41. The van der Waals surface area contributed by atoms with Crippen molar-refractivity contribution in [2.24, 2.45) is 0 Å². The SMILES string of the molecule is CC(C)(C)OC(=O)N1CC[C@@H](ON2C(=O)c3ccccc3C2=O)C1. The van der Waals surface area contributed by atoms with Gasteiger partial charge < -0.3 is 9.64 Å². The van der Waals surface area contributed by atoms with Gasteiger partial charge in [-0.15, -0.1) is 5.06 Å². The van der Waals surface area contributed by atoms with Crippen LogP contribution in [0.3, 0.4) is 0 Å². The van der Waals surface area contributed by atoms with Crippen molar-refractivity contribution in [3.8, 4) is 0 Å². The fourth-order valence-electron chi connectivity index (χ4n) is 2.72. The first-order valence-corrected chi connectivity index (χ1v) is 7.89. The number of hydroxylamine groups is 2. The summed E-state index contributed by atoms with van der Waals surface area (Å²) in [6, 6.07) is 6.60. The van der Waals surface area contributed by atoms with E-state index < -0.39 is 29.6 Å². The van der Waals surface area contributed by atoms with Crippen LogP contribution in [0.5, 0.6) is 0 Å². The highest BCUT2D eigenvalue weighted by Crippen LogP contribution is 2.25. The number of likely N-dealkylation sites (tertiary alicyclic amines) is 1. The minimum absolute atomic E-state index is 0.280. The molecule has 3 amide bonds. The number of amides is 3. The van der Waals surface area contributed by atoms with Gasteiger partial charge in [0.2, 0.25) is 0 Å². The highest BCUT2D eigenvalue weighted by Gasteiger charge is 2.40. The molecule has 24 heavy (non-hydrogen) atoms. The molecule has 3 rings (SSSR count). The van der Waals surface area contributed by atoms with Crippen LogP contribution in [-0.2, 0) is 9.57 Å². The van der Waals surface area contributed by atoms with E-state index in [9.17, 15) is 14.4 Å². The zero-order valence-electron chi connectivity index (χ0n) is 13.9. The molecule has 0 N–H and O–H groups in total. The summed E-state index contributed by atoms with van der Waals surface area (Å²) in [5.74, 6) is -0.933. The van der Waals surface area contributed by atoms with Gasteiger partial charge in [-0.3, -0.25) is 14.4 Å². The summed E-state index contributed by atoms with van der Waals surface area (Å²) in [7, 11) is 0. The number of hydrogen-bond acceptors (Lipinski definition) is 5. The summed E-state index contributed by atoms with van der Waals surface area (Å²) in [5, 5.41) is 0.800. The fourth-order valence-corrected chi connectivity index (χ4v) is 2.72. The molecule has 7 heteroatoms. The van der Waals surface area contributed by atoms with Gasteiger partial charge in [0.1, 0.15) is 11.7 Å². The summed E-state index contributed by atoms with van der Waals surface area (Å²) in [4.78, 5) is 43.7. The van der Waals surface area contributed by atoms with Gasteiger partial charge in [0.05, 0.1) is 17.7 Å². The van der Waals surface area contributed by atoms with E-state index >= 15 is 0 Å². The van der Waals surface area contributed by atoms with E-state index in [-0.39, 0.29) is 6.54 Å². The first-order chi connectivity index (χ1) is 11.3. The second kappa shape index (κ2) is 5.90. The molecule has 1 fully saturated rings. The predicted molar refractivity (Wildman–Crippen MR) is 84.2 cm³/mol. The van der Waals surface area contributed by atoms with Crippen molar-refractivity contribution in [3.63, 3.8) is 0 Å². The van der Waals surface area contributed by atoms with Crippen LogP contribution in [0.15, 0.2) is 24.3 Å². The number of fused-ring (bicyclic) bond motifs is 1. The van der Waals surface area contributed by atoms with Gasteiger partial charge in [-0.05, 0) is 39.3 Å². The van der Waals surface area contributed by atoms with E-state index in [0.717, 1.165) is 5.06 Å². The lowest BCUT2D eigenvalue weighted by atomic mass is 10.1. The van der Waals surface area contributed by atoms with E-state index in [2.05, 4.69) is 0 Å². The quantitative estimate of drug-likeness (QED) is 0.776. The fraction of sp³-hybridized carbons (Fsp3) is 0.471. The molecule has 1 aromatic carbocycles. The van der Waals surface area contributed by atoms with Crippen LogP contribution in [0.1, 0.15) is 47.9 Å². The van der Waals surface area contributed by atoms with E-state index in [1.807, 2.05) is 0 Å². The van der Waals surface area contributed by atoms with E-state index in [0.29, 0.717) is 24.1 Å². The van der Waals surface area contributed by atoms with Crippen molar-refractivity contribution in [2.75, 3.05) is 13.1 Å². The van der Waals surface area contributed by atoms with Crippen molar-refractivity contribution in [1.82, 2.24) is 9.96 Å². The van der Waals surface area contributed by atoms with Crippen LogP contribution in [0.2, 0.25) is 0 Å². The van der Waals surface area contributed by atoms with Crippen LogP contribution < -0.4 is 0 Å². The molecule has 0 unspecified atom stereocenters. The number of benzene rings is 1. The molecule has 0 bridgehead atoms. The van der Waals surface area contributed by atoms with Crippen molar-refractivity contribution >= 4 is 17.9 Å². The topological polar surface area (TPSA) is 76.2 Å². The number of rotatable bonds is 2. The molecule has 0 saturated carbocycles. The van der Waals surface area contributed by atoms with Gasteiger partial charge in [-0.2, -0.15) is 0 Å². The standard InChI is InChI=1S/C17H20N2O5/c1-17(2,3)23-16(22)18-9-8-11(10-18)24-19-14(20)12-6-4-5-7-13(12)15(19)21/h4-7,11H,8-10H2,1-3H3/t11-/m1/s1. The Labute approximate surface area is 140 Å². The van der Waals surface area contributed by atoms with E-state index in [1.54, 1.807) is 45.0 Å². The summed E-state index contributed by atoms with van der Waals surface area (Å²) < 4.78 is 5.32. The van der Waals surface area contributed by atoms with Gasteiger partial charge in [0.15, 0.2) is 0 Å². The number of carbonyl (C=O) groups is 3. The average Bonchev–Trinajstić information content (AvgIpc) is 3.06. The first kappa shape index (κ1) is 16.4. The Morgan fingerprint density at radius 3 is 2.25 bits per heavy atom. The van der Waals surface area contributed by atoms with Gasteiger partial charge in [0.25, 0.3) is 11.8 Å². The molecule has 2 aliphatic rings. The molecule has 0 radical (unpaired) electrons. The average molecular weight is 332 g/mol. The molecule has 0 aliphatic carbocycles. The number of imide groups is 1. The molecular formula is C17H20N2O5. The van der Waals surface area contributed by atoms with Crippen molar-refractivity contribution in [2.45, 2.75) is 38.9 Å². The Kier molecular flexibility index (Phi) is 4.04. The minimum atomic E-state index is -0.571. The van der Waals surface area contributed by atoms with Crippen molar-refractivity contribution in [3.05, 3.63) is 35.4 Å². The second-order valence-electron chi connectivity index (χ2n) is 6.89. The summed E-state index contributed by atoms with van der Waals surface area (Å²) in [6.07, 6.45) is -0.303. The van der Waals surface area contributed by atoms with Crippen molar-refractivity contribution in [1.29, 1.82) is 0 Å². The zero-order valence-corrected chi connectivity index (χ0v) is 13.9. The molecule has 2 heterocycles. The monoisotopic (exact) mass is 332 g/mol. The van der Waals surface area contributed by atoms with Crippen LogP contribution in [0.4, 0.5) is 4.79 Å². The van der Waals surface area contributed by atoms with E-state index in [4.69, 9.17) is 9.57 Å². The maximum atomic E-state index is 12.3. The van der Waals surface area contributed by atoms with Gasteiger partial charge in [-0.1, -0.05) is 12.1 Å². The first-order valence-electron chi connectivity index (χ1n) is 7.89. The summed E-state index contributed by atoms with van der Waals surface area (Å²) >= 11 is 0.